The van der Waals surface area contributed by atoms with Gasteiger partial charge in [0, 0.05) is 25.1 Å². The number of hydrogen-bond donors (Lipinski definition) is 6. The number of carbonyl (C=O) groups excluding carboxylic acids is 3. The standard InChI is InChI=1S/C32H38N8O3/c33-28(34)22-14-12-20(13-15-22)17-25(21-7-2-1-3-8-21)31(43)40-19-24-10-5-4-9-23(24)18-27(40)30(42)39-26(29(35)41)11-6-16-38-32(36)37/h1-5,7-10,12-15,25-27H,6,11,16-19H2,(H3,33,34)(H2,35,41)(H,39,42)(H4,36,37,38)/t25?,26-,27-/m0/s1. The number of nitrogens with two attached hydrogens (primary N) is 4. The molecule has 0 saturated heterocycles. The van der Waals surface area contributed by atoms with E-state index in [9.17, 15) is 14.4 Å². The van der Waals surface area contributed by atoms with Crippen molar-refractivity contribution in [2.75, 3.05) is 6.54 Å². The largest absolute Gasteiger partial charge is 0.384 e. The molecular formula is C32H38N8O3. The second-order valence-corrected chi connectivity index (χ2v) is 10.6. The van der Waals surface area contributed by atoms with Crippen molar-refractivity contribution in [3.8, 4) is 0 Å². The lowest BCUT2D eigenvalue weighted by atomic mass is 9.87. The van der Waals surface area contributed by atoms with E-state index in [1.54, 1.807) is 17.0 Å². The molecule has 0 spiro atoms. The van der Waals surface area contributed by atoms with E-state index >= 15 is 0 Å². The molecule has 0 aliphatic carbocycles. The number of nitrogen functional groups attached to an aromatic ring is 1. The summed E-state index contributed by atoms with van der Waals surface area (Å²) >= 11 is 0. The lowest BCUT2D eigenvalue weighted by molar-refractivity contribution is -0.143. The van der Waals surface area contributed by atoms with E-state index in [0.717, 1.165) is 22.3 Å². The highest BCUT2D eigenvalue weighted by atomic mass is 16.2. The number of primary amides is 1. The van der Waals surface area contributed by atoms with Crippen LogP contribution in [0.3, 0.4) is 0 Å². The van der Waals surface area contributed by atoms with Crippen LogP contribution < -0.4 is 28.3 Å². The van der Waals surface area contributed by atoms with Crippen LogP contribution in [0, 0.1) is 5.41 Å². The van der Waals surface area contributed by atoms with Crippen LogP contribution in [0.25, 0.3) is 0 Å². The number of aliphatic imine (C=N–C) groups is 1. The third-order valence-electron chi connectivity index (χ3n) is 7.64. The maximum atomic E-state index is 14.5. The maximum Gasteiger partial charge on any atom is 0.243 e. The smallest absolute Gasteiger partial charge is 0.243 e. The monoisotopic (exact) mass is 582 g/mol. The number of fused-ring (bicyclic) bond motifs is 1. The minimum absolute atomic E-state index is 0.0337. The zero-order valence-corrected chi connectivity index (χ0v) is 23.9. The van der Waals surface area contributed by atoms with Crippen molar-refractivity contribution in [3.05, 3.63) is 107 Å². The fraction of sp³-hybridized carbons (Fsp3) is 0.281. The number of amides is 3. The van der Waals surface area contributed by atoms with Crippen molar-refractivity contribution in [2.45, 2.75) is 50.2 Å². The average Bonchev–Trinajstić information content (AvgIpc) is 3.00. The van der Waals surface area contributed by atoms with Crippen LogP contribution in [0.15, 0.2) is 83.9 Å². The molecule has 4 rings (SSSR count). The van der Waals surface area contributed by atoms with Crippen LogP contribution in [-0.4, -0.2) is 53.0 Å². The Morgan fingerprint density at radius 3 is 2.19 bits per heavy atom. The van der Waals surface area contributed by atoms with Gasteiger partial charge in [-0.15, -0.1) is 0 Å². The molecule has 11 nitrogen and oxygen atoms in total. The molecule has 0 radical (unpaired) electrons. The SMILES string of the molecule is N=C(N)c1ccc(CC(C(=O)N2Cc3ccccc3C[C@H]2C(=O)N[C@@H](CCCN=C(N)N)C(N)=O)c2ccccc2)cc1. The minimum Gasteiger partial charge on any atom is -0.384 e. The van der Waals surface area contributed by atoms with E-state index < -0.39 is 29.8 Å². The molecule has 1 aliphatic heterocycles. The zero-order chi connectivity index (χ0) is 30.9. The van der Waals surface area contributed by atoms with E-state index in [2.05, 4.69) is 10.3 Å². The van der Waals surface area contributed by atoms with Crippen molar-refractivity contribution >= 4 is 29.5 Å². The first-order valence-corrected chi connectivity index (χ1v) is 14.1. The first kappa shape index (κ1) is 30.8. The molecule has 3 atom stereocenters. The molecule has 11 heteroatoms. The second-order valence-electron chi connectivity index (χ2n) is 10.6. The molecular weight excluding hydrogens is 544 g/mol. The molecule has 10 N–H and O–H groups in total. The fourth-order valence-corrected chi connectivity index (χ4v) is 5.34. The number of nitrogens with one attached hydrogen (secondary N) is 2. The van der Waals surface area contributed by atoms with Crippen LogP contribution >= 0.6 is 0 Å². The van der Waals surface area contributed by atoms with Gasteiger partial charge in [-0.2, -0.15) is 0 Å². The van der Waals surface area contributed by atoms with E-state index in [1.807, 2.05) is 66.7 Å². The second kappa shape index (κ2) is 14.1. The first-order valence-electron chi connectivity index (χ1n) is 14.1. The van der Waals surface area contributed by atoms with Gasteiger partial charge in [0.15, 0.2) is 5.96 Å². The summed E-state index contributed by atoms with van der Waals surface area (Å²) in [5.74, 6) is -2.02. The minimum atomic E-state index is -0.944. The fourth-order valence-electron chi connectivity index (χ4n) is 5.34. The number of hydrogen-bond acceptors (Lipinski definition) is 5. The predicted molar refractivity (Wildman–Crippen MR) is 166 cm³/mol. The van der Waals surface area contributed by atoms with Crippen molar-refractivity contribution in [1.82, 2.24) is 10.2 Å². The van der Waals surface area contributed by atoms with Crippen LogP contribution in [0.5, 0.6) is 0 Å². The highest BCUT2D eigenvalue weighted by molar-refractivity contribution is 5.95. The highest BCUT2D eigenvalue weighted by Crippen LogP contribution is 2.30. The van der Waals surface area contributed by atoms with Gasteiger partial charge in [-0.25, -0.2) is 0 Å². The van der Waals surface area contributed by atoms with Gasteiger partial charge in [-0.3, -0.25) is 24.8 Å². The number of nitrogens with zero attached hydrogens (tertiary/aromatic N) is 2. The molecule has 3 amide bonds. The number of rotatable bonds is 12. The summed E-state index contributed by atoms with van der Waals surface area (Å²) in [7, 11) is 0. The van der Waals surface area contributed by atoms with Gasteiger partial charge in [0.05, 0.1) is 5.92 Å². The normalized spacial score (nSPS) is 15.4. The Bertz CT molecular complexity index is 1490. The van der Waals surface area contributed by atoms with Gasteiger partial charge in [-0.1, -0.05) is 78.9 Å². The Kier molecular flexibility index (Phi) is 10.1. The lowest BCUT2D eigenvalue weighted by Crippen LogP contribution is -2.57. The quantitative estimate of drug-likeness (QED) is 0.105. The van der Waals surface area contributed by atoms with Crippen molar-refractivity contribution in [1.29, 1.82) is 5.41 Å². The third kappa shape index (κ3) is 7.97. The summed E-state index contributed by atoms with van der Waals surface area (Å²) in [6, 6.07) is 22.6. The Morgan fingerprint density at radius 1 is 0.907 bits per heavy atom. The topological polar surface area (TPSA) is 207 Å². The summed E-state index contributed by atoms with van der Waals surface area (Å²) in [4.78, 5) is 46.0. The summed E-state index contributed by atoms with van der Waals surface area (Å²) < 4.78 is 0. The molecule has 1 aliphatic rings. The summed E-state index contributed by atoms with van der Waals surface area (Å²) in [6.07, 6.45) is 1.35. The van der Waals surface area contributed by atoms with E-state index in [0.29, 0.717) is 24.8 Å². The Labute approximate surface area is 250 Å². The van der Waals surface area contributed by atoms with Crippen LogP contribution in [0.1, 0.15) is 46.6 Å². The van der Waals surface area contributed by atoms with E-state index in [4.69, 9.17) is 28.3 Å². The van der Waals surface area contributed by atoms with Gasteiger partial charge < -0.3 is 33.2 Å². The molecule has 0 aromatic heterocycles. The van der Waals surface area contributed by atoms with Gasteiger partial charge in [0.25, 0.3) is 0 Å². The summed E-state index contributed by atoms with van der Waals surface area (Å²) in [6.45, 7) is 0.529. The van der Waals surface area contributed by atoms with Crippen LogP contribution in [0.4, 0.5) is 0 Å². The Hall–Kier alpha value is -5.19. The number of amidine groups is 1. The number of benzene rings is 3. The van der Waals surface area contributed by atoms with Crippen LogP contribution in [-0.2, 0) is 33.8 Å². The molecule has 0 saturated carbocycles. The van der Waals surface area contributed by atoms with Crippen molar-refractivity contribution < 1.29 is 14.4 Å². The Balaban J connectivity index is 1.63. The maximum absolute atomic E-state index is 14.5. The summed E-state index contributed by atoms with van der Waals surface area (Å²) in [5.41, 5.74) is 26.2. The average molecular weight is 583 g/mol. The zero-order valence-electron chi connectivity index (χ0n) is 23.9. The molecule has 3 aromatic rings. The van der Waals surface area contributed by atoms with E-state index in [1.165, 1.54) is 0 Å². The van der Waals surface area contributed by atoms with Gasteiger partial charge in [-0.05, 0) is 41.5 Å². The Morgan fingerprint density at radius 2 is 1.56 bits per heavy atom. The van der Waals surface area contributed by atoms with Gasteiger partial charge >= 0.3 is 0 Å². The number of carbonyl (C=O) groups is 3. The molecule has 224 valence electrons. The summed E-state index contributed by atoms with van der Waals surface area (Å²) in [5, 5.41) is 10.5. The van der Waals surface area contributed by atoms with E-state index in [-0.39, 0.29) is 37.2 Å². The van der Waals surface area contributed by atoms with Gasteiger partial charge in [0.2, 0.25) is 17.7 Å². The predicted octanol–water partition coefficient (Wildman–Crippen LogP) is 1.27. The van der Waals surface area contributed by atoms with Crippen molar-refractivity contribution in [3.63, 3.8) is 0 Å². The molecule has 3 aromatic carbocycles. The molecule has 1 unspecified atom stereocenters. The lowest BCUT2D eigenvalue weighted by Gasteiger charge is -2.38. The molecule has 1 heterocycles. The first-order chi connectivity index (χ1) is 20.6. The van der Waals surface area contributed by atoms with Crippen molar-refractivity contribution in [2.24, 2.45) is 27.9 Å². The van der Waals surface area contributed by atoms with Crippen LogP contribution in [0.2, 0.25) is 0 Å². The molecule has 0 bridgehead atoms. The van der Waals surface area contributed by atoms with Gasteiger partial charge in [0.1, 0.15) is 17.9 Å². The highest BCUT2D eigenvalue weighted by Gasteiger charge is 2.38. The molecule has 0 fully saturated rings. The molecule has 43 heavy (non-hydrogen) atoms. The number of guanidine groups is 1. The third-order valence-corrected chi connectivity index (χ3v) is 7.64.